The molecule has 3 heterocycles. The topological polar surface area (TPSA) is 72.3 Å². The van der Waals surface area contributed by atoms with E-state index in [-0.39, 0.29) is 0 Å². The fraction of sp³-hybridized carbons (Fsp3) is 0.412. The van der Waals surface area contributed by atoms with Crippen LogP contribution in [0.2, 0.25) is 0 Å². The molecule has 1 aliphatic carbocycles. The Morgan fingerprint density at radius 1 is 1.30 bits per heavy atom. The van der Waals surface area contributed by atoms with E-state index in [9.17, 15) is 0 Å². The number of H-pyrrole nitrogens is 1. The molecule has 118 valence electrons. The second-order valence-corrected chi connectivity index (χ2v) is 6.52. The van der Waals surface area contributed by atoms with Gasteiger partial charge in [0.05, 0.1) is 11.8 Å². The Balaban J connectivity index is 1.83. The van der Waals surface area contributed by atoms with Crippen molar-refractivity contribution in [1.29, 1.82) is 0 Å². The van der Waals surface area contributed by atoms with Crippen molar-refractivity contribution in [3.05, 3.63) is 42.1 Å². The molecule has 0 spiro atoms. The molecule has 1 fully saturated rings. The van der Waals surface area contributed by atoms with Gasteiger partial charge in [0.2, 0.25) is 0 Å². The lowest BCUT2D eigenvalue weighted by Gasteiger charge is -2.04. The van der Waals surface area contributed by atoms with Crippen molar-refractivity contribution >= 4 is 0 Å². The summed E-state index contributed by atoms with van der Waals surface area (Å²) in [5.41, 5.74) is 2.21. The molecule has 1 N–H and O–H groups in total. The first-order valence-electron chi connectivity index (χ1n) is 8.13. The van der Waals surface area contributed by atoms with Crippen LogP contribution in [0.4, 0.5) is 0 Å². The Morgan fingerprint density at radius 3 is 2.87 bits per heavy atom. The summed E-state index contributed by atoms with van der Waals surface area (Å²) in [4.78, 5) is 9.22. The highest BCUT2D eigenvalue weighted by Crippen LogP contribution is 2.43. The summed E-state index contributed by atoms with van der Waals surface area (Å²) in [5, 5.41) is 12.1. The Kier molecular flexibility index (Phi) is 3.44. The molecule has 4 rings (SSSR count). The maximum absolute atomic E-state index is 4.79. The molecule has 0 bridgehead atoms. The highest BCUT2D eigenvalue weighted by atomic mass is 15.4. The number of rotatable bonds is 5. The number of nitrogens with zero attached hydrogens (tertiary/aromatic N) is 5. The minimum absolute atomic E-state index is 0.509. The van der Waals surface area contributed by atoms with E-state index < -0.39 is 0 Å². The Labute approximate surface area is 135 Å². The summed E-state index contributed by atoms with van der Waals surface area (Å²) < 4.78 is 1.84. The molecule has 0 amide bonds. The van der Waals surface area contributed by atoms with Crippen LogP contribution in [0.15, 0.2) is 30.6 Å². The lowest BCUT2D eigenvalue weighted by Crippen LogP contribution is -2.03. The highest BCUT2D eigenvalue weighted by Gasteiger charge is 2.30. The van der Waals surface area contributed by atoms with Crippen molar-refractivity contribution in [1.82, 2.24) is 29.9 Å². The van der Waals surface area contributed by atoms with Crippen LogP contribution in [0.1, 0.15) is 44.1 Å². The summed E-state index contributed by atoms with van der Waals surface area (Å²) >= 11 is 0. The second kappa shape index (κ2) is 5.61. The van der Waals surface area contributed by atoms with Crippen molar-refractivity contribution in [2.45, 2.75) is 39.0 Å². The molecule has 23 heavy (non-hydrogen) atoms. The fourth-order valence-electron chi connectivity index (χ4n) is 2.78. The van der Waals surface area contributed by atoms with Gasteiger partial charge in [-0.3, -0.25) is 5.10 Å². The van der Waals surface area contributed by atoms with Crippen LogP contribution in [0.5, 0.6) is 0 Å². The van der Waals surface area contributed by atoms with Gasteiger partial charge in [-0.1, -0.05) is 19.9 Å². The fourth-order valence-corrected chi connectivity index (χ4v) is 2.78. The van der Waals surface area contributed by atoms with Crippen LogP contribution in [0.25, 0.3) is 17.2 Å². The lowest BCUT2D eigenvalue weighted by molar-refractivity contribution is 0.618. The molecule has 0 saturated heterocycles. The molecule has 0 unspecified atom stereocenters. The van der Waals surface area contributed by atoms with E-state index in [1.54, 1.807) is 6.20 Å². The van der Waals surface area contributed by atoms with Crippen LogP contribution in [-0.2, 0) is 6.42 Å². The second-order valence-electron chi connectivity index (χ2n) is 6.52. The van der Waals surface area contributed by atoms with Gasteiger partial charge >= 0.3 is 0 Å². The average molecular weight is 308 g/mol. The van der Waals surface area contributed by atoms with Crippen molar-refractivity contribution in [3.8, 4) is 17.2 Å². The molecule has 1 saturated carbocycles. The molecule has 0 aromatic carbocycles. The monoisotopic (exact) mass is 308 g/mol. The van der Waals surface area contributed by atoms with Crippen LogP contribution in [-0.4, -0.2) is 29.9 Å². The zero-order chi connectivity index (χ0) is 15.8. The predicted octanol–water partition coefficient (Wildman–Crippen LogP) is 3.13. The SMILES string of the molecule is CC(C)Cc1nc(-c2cn[nH]c2C2CC2)n(-c2ccccn2)n1. The summed E-state index contributed by atoms with van der Waals surface area (Å²) in [6.45, 7) is 4.35. The Morgan fingerprint density at radius 2 is 2.17 bits per heavy atom. The molecule has 3 aromatic heterocycles. The number of aromatic nitrogens is 6. The smallest absolute Gasteiger partial charge is 0.168 e. The minimum Gasteiger partial charge on any atom is -0.282 e. The minimum atomic E-state index is 0.509. The molecule has 6 heteroatoms. The van der Waals surface area contributed by atoms with Gasteiger partial charge < -0.3 is 0 Å². The van der Waals surface area contributed by atoms with E-state index >= 15 is 0 Å². The quantitative estimate of drug-likeness (QED) is 0.786. The molecular formula is C17H20N6. The number of pyridine rings is 1. The van der Waals surface area contributed by atoms with Gasteiger partial charge in [0.1, 0.15) is 0 Å². The van der Waals surface area contributed by atoms with Gasteiger partial charge in [0, 0.05) is 24.2 Å². The zero-order valence-corrected chi connectivity index (χ0v) is 13.4. The third-order valence-electron chi connectivity index (χ3n) is 4.00. The lowest BCUT2D eigenvalue weighted by atomic mass is 10.1. The summed E-state index contributed by atoms with van der Waals surface area (Å²) in [7, 11) is 0. The molecule has 3 aromatic rings. The van der Waals surface area contributed by atoms with Crippen LogP contribution in [0.3, 0.4) is 0 Å². The zero-order valence-electron chi connectivity index (χ0n) is 13.4. The van der Waals surface area contributed by atoms with E-state index in [1.165, 1.54) is 18.5 Å². The van der Waals surface area contributed by atoms with Crippen molar-refractivity contribution < 1.29 is 0 Å². The molecule has 0 atom stereocenters. The maximum atomic E-state index is 4.79. The third-order valence-corrected chi connectivity index (χ3v) is 4.00. The van der Waals surface area contributed by atoms with Crippen LogP contribution >= 0.6 is 0 Å². The van der Waals surface area contributed by atoms with E-state index in [2.05, 4.69) is 29.0 Å². The number of hydrogen-bond acceptors (Lipinski definition) is 4. The first-order valence-corrected chi connectivity index (χ1v) is 8.13. The maximum Gasteiger partial charge on any atom is 0.168 e. The van der Waals surface area contributed by atoms with E-state index in [1.807, 2.05) is 29.1 Å². The highest BCUT2D eigenvalue weighted by molar-refractivity contribution is 5.61. The summed E-state index contributed by atoms with van der Waals surface area (Å²) in [5.74, 6) is 3.55. The van der Waals surface area contributed by atoms with E-state index in [0.717, 1.165) is 29.5 Å². The van der Waals surface area contributed by atoms with Crippen molar-refractivity contribution in [3.63, 3.8) is 0 Å². The molecule has 0 radical (unpaired) electrons. The normalized spacial score (nSPS) is 14.6. The van der Waals surface area contributed by atoms with E-state index in [4.69, 9.17) is 10.1 Å². The molecule has 6 nitrogen and oxygen atoms in total. The van der Waals surface area contributed by atoms with Gasteiger partial charge in [-0.05, 0) is 30.9 Å². The first-order chi connectivity index (χ1) is 11.2. The summed E-state index contributed by atoms with van der Waals surface area (Å²) in [6.07, 6.45) is 6.91. The van der Waals surface area contributed by atoms with Crippen LogP contribution < -0.4 is 0 Å². The largest absolute Gasteiger partial charge is 0.282 e. The first kappa shape index (κ1) is 14.1. The van der Waals surface area contributed by atoms with Gasteiger partial charge in [0.15, 0.2) is 17.5 Å². The number of aromatic amines is 1. The van der Waals surface area contributed by atoms with Crippen LogP contribution in [0, 0.1) is 5.92 Å². The van der Waals surface area contributed by atoms with E-state index in [0.29, 0.717) is 11.8 Å². The number of nitrogens with one attached hydrogen (secondary N) is 1. The summed E-state index contributed by atoms with van der Waals surface area (Å²) in [6, 6.07) is 5.82. The van der Waals surface area contributed by atoms with Gasteiger partial charge in [0.25, 0.3) is 0 Å². The Bertz CT molecular complexity index is 798. The van der Waals surface area contributed by atoms with Gasteiger partial charge in [-0.25, -0.2) is 9.97 Å². The van der Waals surface area contributed by atoms with Gasteiger partial charge in [-0.2, -0.15) is 9.78 Å². The number of hydrogen-bond donors (Lipinski definition) is 1. The standard InChI is InChI=1S/C17H20N6/c1-11(2)9-14-20-17(13-10-19-21-16(13)12-6-7-12)23(22-14)15-5-3-4-8-18-15/h3-5,8,10-12H,6-7,9H2,1-2H3,(H,19,21). The third kappa shape index (κ3) is 2.76. The molecule has 1 aliphatic rings. The average Bonchev–Trinajstić information content (AvgIpc) is 3.13. The molecule has 0 aliphatic heterocycles. The Hall–Kier alpha value is -2.50. The molecular weight excluding hydrogens is 288 g/mol. The van der Waals surface area contributed by atoms with Crippen molar-refractivity contribution in [2.75, 3.05) is 0 Å². The van der Waals surface area contributed by atoms with Gasteiger partial charge in [-0.15, -0.1) is 5.10 Å². The van der Waals surface area contributed by atoms with Crippen molar-refractivity contribution in [2.24, 2.45) is 5.92 Å². The predicted molar refractivity (Wildman–Crippen MR) is 87.3 cm³/mol.